The molecule has 0 radical (unpaired) electrons. The maximum Gasteiger partial charge on any atom is 0.416 e. The summed E-state index contributed by atoms with van der Waals surface area (Å²) in [5.74, 6) is -1.17. The van der Waals surface area contributed by atoms with Crippen molar-refractivity contribution in [2.24, 2.45) is 0 Å². The molecule has 3 N–H and O–H groups in total. The molecule has 1 aliphatic heterocycles. The van der Waals surface area contributed by atoms with Crippen LogP contribution < -0.4 is 16.0 Å². The van der Waals surface area contributed by atoms with Gasteiger partial charge in [0, 0.05) is 37.8 Å². The minimum Gasteiger partial charge on any atom is -0.348 e. The molecule has 0 saturated carbocycles. The Kier molecular flexibility index (Phi) is 6.69. The Labute approximate surface area is 166 Å². The van der Waals surface area contributed by atoms with Gasteiger partial charge in [-0.3, -0.25) is 9.59 Å². The molecule has 5 nitrogen and oxygen atoms in total. The van der Waals surface area contributed by atoms with Gasteiger partial charge in [0.1, 0.15) is 0 Å². The molecule has 0 saturated heterocycles. The van der Waals surface area contributed by atoms with Crippen LogP contribution in [-0.2, 0) is 30.6 Å². The van der Waals surface area contributed by atoms with E-state index in [-0.39, 0.29) is 30.2 Å². The van der Waals surface area contributed by atoms with Gasteiger partial charge >= 0.3 is 6.18 Å². The standard InChI is InChI=1S/C19H18F3N3O2.ClH/c1-11(26)25-17-6-14(5-16(7-17)19(20,21)22)18(27)24-8-12-2-3-13-9-23-10-15(13)4-12;/h2-7,23H,8-10H2,1H3,(H,24,27)(H,25,26);1H. The van der Waals surface area contributed by atoms with Gasteiger partial charge in [0.25, 0.3) is 5.91 Å². The highest BCUT2D eigenvalue weighted by Crippen LogP contribution is 2.32. The molecule has 150 valence electrons. The first-order chi connectivity index (χ1) is 12.7. The first kappa shape index (κ1) is 21.7. The summed E-state index contributed by atoms with van der Waals surface area (Å²) in [5, 5.41) is 8.13. The van der Waals surface area contributed by atoms with E-state index in [0.717, 1.165) is 36.3 Å². The van der Waals surface area contributed by atoms with Crippen LogP contribution in [0.4, 0.5) is 18.9 Å². The first-order valence-corrected chi connectivity index (χ1v) is 8.32. The molecule has 0 bridgehead atoms. The Hall–Kier alpha value is -2.58. The van der Waals surface area contributed by atoms with E-state index in [1.165, 1.54) is 18.6 Å². The number of alkyl halides is 3. The largest absolute Gasteiger partial charge is 0.416 e. The van der Waals surface area contributed by atoms with Gasteiger partial charge in [-0.05, 0) is 34.9 Å². The molecule has 28 heavy (non-hydrogen) atoms. The van der Waals surface area contributed by atoms with Crippen molar-refractivity contribution in [3.05, 3.63) is 64.2 Å². The summed E-state index contributed by atoms with van der Waals surface area (Å²) in [6.45, 7) is 2.93. The van der Waals surface area contributed by atoms with Gasteiger partial charge < -0.3 is 16.0 Å². The lowest BCUT2D eigenvalue weighted by Crippen LogP contribution is -2.24. The number of benzene rings is 2. The van der Waals surface area contributed by atoms with Gasteiger partial charge in [-0.15, -0.1) is 12.4 Å². The molecule has 2 aromatic carbocycles. The average molecular weight is 414 g/mol. The molecule has 3 rings (SSSR count). The lowest BCUT2D eigenvalue weighted by Gasteiger charge is -2.13. The zero-order chi connectivity index (χ0) is 19.6. The second-order valence-electron chi connectivity index (χ2n) is 6.37. The molecule has 2 amide bonds. The number of halogens is 4. The highest BCUT2D eigenvalue weighted by atomic mass is 35.5. The summed E-state index contributed by atoms with van der Waals surface area (Å²) in [6, 6.07) is 8.60. The number of carbonyl (C=O) groups is 2. The number of anilines is 1. The van der Waals surface area contributed by atoms with Crippen LogP contribution in [-0.4, -0.2) is 11.8 Å². The lowest BCUT2D eigenvalue weighted by atomic mass is 10.1. The molecule has 9 heteroatoms. The third-order valence-corrected chi connectivity index (χ3v) is 4.20. The summed E-state index contributed by atoms with van der Waals surface area (Å²) >= 11 is 0. The van der Waals surface area contributed by atoms with Gasteiger partial charge in [0.15, 0.2) is 0 Å². The molecule has 0 unspecified atom stereocenters. The third kappa shape index (κ3) is 5.24. The smallest absolute Gasteiger partial charge is 0.348 e. The monoisotopic (exact) mass is 413 g/mol. The molecular weight excluding hydrogens is 395 g/mol. The van der Waals surface area contributed by atoms with Gasteiger partial charge in [-0.2, -0.15) is 13.2 Å². The van der Waals surface area contributed by atoms with E-state index in [4.69, 9.17) is 0 Å². The van der Waals surface area contributed by atoms with E-state index in [0.29, 0.717) is 0 Å². The normalized spacial score (nSPS) is 12.7. The van der Waals surface area contributed by atoms with Crippen molar-refractivity contribution < 1.29 is 22.8 Å². The Morgan fingerprint density at radius 1 is 1.07 bits per heavy atom. The molecular formula is C19H19ClF3N3O2. The summed E-state index contributed by atoms with van der Waals surface area (Å²) in [6.07, 6.45) is -4.63. The molecule has 0 atom stereocenters. The van der Waals surface area contributed by atoms with E-state index in [1.807, 2.05) is 18.2 Å². The van der Waals surface area contributed by atoms with Crippen molar-refractivity contribution in [1.82, 2.24) is 10.6 Å². The molecule has 2 aromatic rings. The Bertz CT molecular complexity index is 900. The van der Waals surface area contributed by atoms with Crippen LogP contribution in [0.2, 0.25) is 0 Å². The topological polar surface area (TPSA) is 70.2 Å². The Balaban J connectivity index is 0.00000280. The first-order valence-electron chi connectivity index (χ1n) is 8.32. The van der Waals surface area contributed by atoms with E-state index >= 15 is 0 Å². The van der Waals surface area contributed by atoms with Crippen LogP contribution in [0.5, 0.6) is 0 Å². The fourth-order valence-corrected chi connectivity index (χ4v) is 2.94. The van der Waals surface area contributed by atoms with Crippen LogP contribution in [0.1, 0.15) is 39.5 Å². The SMILES string of the molecule is CC(=O)Nc1cc(C(=O)NCc2ccc3c(c2)CNC3)cc(C(F)(F)F)c1.Cl. The zero-order valence-electron chi connectivity index (χ0n) is 14.9. The number of nitrogens with one attached hydrogen (secondary N) is 3. The summed E-state index contributed by atoms with van der Waals surface area (Å²) < 4.78 is 39.2. The van der Waals surface area contributed by atoms with Crippen LogP contribution >= 0.6 is 12.4 Å². The summed E-state index contributed by atoms with van der Waals surface area (Å²) in [4.78, 5) is 23.5. The second-order valence-corrected chi connectivity index (χ2v) is 6.37. The molecule has 0 spiro atoms. The fraction of sp³-hybridized carbons (Fsp3) is 0.263. The van der Waals surface area contributed by atoms with Gasteiger partial charge in [-0.25, -0.2) is 0 Å². The average Bonchev–Trinajstić information content (AvgIpc) is 3.05. The number of rotatable bonds is 4. The summed E-state index contributed by atoms with van der Waals surface area (Å²) in [7, 11) is 0. The maximum atomic E-state index is 13.1. The van der Waals surface area contributed by atoms with Crippen LogP contribution in [0.3, 0.4) is 0 Å². The van der Waals surface area contributed by atoms with Crippen molar-refractivity contribution >= 4 is 29.9 Å². The number of carbonyl (C=O) groups excluding carboxylic acids is 2. The van der Waals surface area contributed by atoms with Gasteiger partial charge in [-0.1, -0.05) is 18.2 Å². The number of hydrogen-bond acceptors (Lipinski definition) is 3. The van der Waals surface area contributed by atoms with Gasteiger partial charge in [0.2, 0.25) is 5.91 Å². The predicted molar refractivity (Wildman–Crippen MR) is 101 cm³/mol. The predicted octanol–water partition coefficient (Wildman–Crippen LogP) is 3.62. The summed E-state index contributed by atoms with van der Waals surface area (Å²) in [5.41, 5.74) is 1.96. The van der Waals surface area contributed by atoms with Crippen LogP contribution in [0.25, 0.3) is 0 Å². The Morgan fingerprint density at radius 3 is 2.46 bits per heavy atom. The Morgan fingerprint density at radius 2 is 1.79 bits per heavy atom. The van der Waals surface area contributed by atoms with Crippen molar-refractivity contribution in [1.29, 1.82) is 0 Å². The number of amides is 2. The molecule has 0 fully saturated rings. The van der Waals surface area contributed by atoms with E-state index in [1.54, 1.807) is 0 Å². The van der Waals surface area contributed by atoms with Crippen LogP contribution in [0, 0.1) is 0 Å². The third-order valence-electron chi connectivity index (χ3n) is 4.20. The van der Waals surface area contributed by atoms with Crippen molar-refractivity contribution in [3.63, 3.8) is 0 Å². The highest BCUT2D eigenvalue weighted by Gasteiger charge is 2.32. The van der Waals surface area contributed by atoms with Gasteiger partial charge in [0.05, 0.1) is 5.56 Å². The van der Waals surface area contributed by atoms with Crippen molar-refractivity contribution in [3.8, 4) is 0 Å². The fourth-order valence-electron chi connectivity index (χ4n) is 2.94. The zero-order valence-corrected chi connectivity index (χ0v) is 15.8. The quantitative estimate of drug-likeness (QED) is 0.717. The number of hydrogen-bond donors (Lipinski definition) is 3. The second kappa shape index (κ2) is 8.62. The minimum absolute atomic E-state index is 0. The molecule has 0 aromatic heterocycles. The van der Waals surface area contributed by atoms with Crippen molar-refractivity contribution in [2.45, 2.75) is 32.7 Å². The van der Waals surface area contributed by atoms with E-state index in [2.05, 4.69) is 16.0 Å². The minimum atomic E-state index is -4.63. The van der Waals surface area contributed by atoms with E-state index in [9.17, 15) is 22.8 Å². The van der Waals surface area contributed by atoms with Crippen molar-refractivity contribution in [2.75, 3.05) is 5.32 Å². The number of fused-ring (bicyclic) bond motifs is 1. The van der Waals surface area contributed by atoms with E-state index < -0.39 is 23.6 Å². The molecule has 1 aliphatic rings. The molecule has 1 heterocycles. The maximum absolute atomic E-state index is 13.1. The molecule has 0 aliphatic carbocycles. The highest BCUT2D eigenvalue weighted by molar-refractivity contribution is 5.97. The lowest BCUT2D eigenvalue weighted by molar-refractivity contribution is -0.137. The van der Waals surface area contributed by atoms with Crippen LogP contribution in [0.15, 0.2) is 36.4 Å².